The van der Waals surface area contributed by atoms with Crippen molar-refractivity contribution in [1.29, 1.82) is 0 Å². The largest absolute Gasteiger partial charge is 0.457 e. The molecule has 0 amide bonds. The summed E-state index contributed by atoms with van der Waals surface area (Å²) in [5.41, 5.74) is 9.25. The molecule has 0 bridgehead atoms. The molecular formula is C74H76N4O. The van der Waals surface area contributed by atoms with Crippen LogP contribution in [0.3, 0.4) is 0 Å². The standard InChI is InChI=1S/C74H76N4O/c1-48(2)41-49-37-40-75-69(42-49)78-65-24-14-13-21-60(65)61-35-33-56(46-68(61)78)79-55-20-17-19-54(45-55)76-47-77(67-26-16-15-25-66(67)76)70-58(22-18-23-59(70)52-31-36-62-64(43-52)74(11,12)39-38-73(62,9)10)51-29-27-50(28-30-51)57-34-32-53(71(3,4)5)44-63(57)72(6,7)8/h13-37,40,42-46,48H,38-39,41,47H2,1-12H3/i27D,28D,29D,30D,31D,36D,41D2,43D. The van der Waals surface area contributed by atoms with Crippen LogP contribution < -0.4 is 14.5 Å². The number of fused-ring (bicyclic) bond motifs is 5. The van der Waals surface area contributed by atoms with Gasteiger partial charge in [0.2, 0.25) is 0 Å². The molecule has 5 nitrogen and oxygen atoms in total. The molecule has 0 saturated heterocycles. The Bertz CT molecular complexity index is 4460. The topological polar surface area (TPSA) is 33.5 Å². The summed E-state index contributed by atoms with van der Waals surface area (Å²) in [6.45, 7) is 25.2. The van der Waals surface area contributed by atoms with E-state index in [4.69, 9.17) is 12.5 Å². The molecule has 8 aromatic carbocycles. The number of benzene rings is 8. The lowest BCUT2D eigenvalue weighted by atomic mass is 9.63. The second-order valence-corrected chi connectivity index (χ2v) is 25.3. The highest BCUT2D eigenvalue weighted by Crippen LogP contribution is 2.53. The summed E-state index contributed by atoms with van der Waals surface area (Å²) < 4.78 is 96.7. The van der Waals surface area contributed by atoms with Crippen LogP contribution in [0.2, 0.25) is 0 Å². The van der Waals surface area contributed by atoms with Crippen molar-refractivity contribution in [2.45, 2.75) is 124 Å². The zero-order valence-electron chi connectivity index (χ0n) is 56.8. The van der Waals surface area contributed by atoms with Gasteiger partial charge in [0.15, 0.2) is 0 Å². The van der Waals surface area contributed by atoms with E-state index in [1.54, 1.807) is 12.3 Å². The number of rotatable bonds is 10. The summed E-state index contributed by atoms with van der Waals surface area (Å²) in [6, 6.07) is 44.6. The van der Waals surface area contributed by atoms with E-state index in [9.17, 15) is 9.60 Å². The Hall–Kier alpha value is -7.89. The first-order valence-electron chi connectivity index (χ1n) is 32.4. The van der Waals surface area contributed by atoms with Gasteiger partial charge in [0, 0.05) is 48.7 Å². The zero-order valence-corrected chi connectivity index (χ0v) is 47.8. The fourth-order valence-electron chi connectivity index (χ4n) is 11.8. The Morgan fingerprint density at radius 1 is 0.582 bits per heavy atom. The van der Waals surface area contributed by atoms with Gasteiger partial charge in [-0.05, 0) is 151 Å². The van der Waals surface area contributed by atoms with E-state index in [0.717, 1.165) is 74.0 Å². The molecule has 0 fully saturated rings. The van der Waals surface area contributed by atoms with Gasteiger partial charge >= 0.3 is 0 Å². The second kappa shape index (κ2) is 19.5. The van der Waals surface area contributed by atoms with E-state index in [1.165, 1.54) is 0 Å². The van der Waals surface area contributed by atoms with E-state index in [1.807, 2.05) is 135 Å². The molecule has 10 aromatic rings. The third kappa shape index (κ3) is 9.60. The van der Waals surface area contributed by atoms with E-state index >= 15 is 0 Å². The van der Waals surface area contributed by atoms with E-state index in [2.05, 4.69) is 95.7 Å². The predicted octanol–water partition coefficient (Wildman–Crippen LogP) is 20.4. The van der Waals surface area contributed by atoms with Crippen LogP contribution in [0.15, 0.2) is 188 Å². The van der Waals surface area contributed by atoms with Crippen molar-refractivity contribution >= 4 is 44.6 Å². The average molecular weight is 1050 g/mol. The Kier molecular flexibility index (Phi) is 10.4. The molecule has 3 heterocycles. The second-order valence-electron chi connectivity index (χ2n) is 25.3. The van der Waals surface area contributed by atoms with Crippen LogP contribution in [0, 0.1) is 5.92 Å². The molecule has 1 aliphatic heterocycles. The van der Waals surface area contributed by atoms with Gasteiger partial charge < -0.3 is 14.5 Å². The first-order chi connectivity index (χ1) is 41.4. The van der Waals surface area contributed by atoms with Crippen LogP contribution in [0.25, 0.3) is 61.0 Å². The molecule has 0 spiro atoms. The quantitative estimate of drug-likeness (QED) is 0.137. The maximum atomic E-state index is 10.3. The lowest BCUT2D eigenvalue weighted by molar-refractivity contribution is 0.332. The number of hydrogen-bond donors (Lipinski definition) is 0. The minimum atomic E-state index is -1.58. The molecule has 2 aliphatic rings. The molecule has 0 unspecified atom stereocenters. The maximum Gasteiger partial charge on any atom is 0.137 e. The van der Waals surface area contributed by atoms with E-state index < -0.39 is 22.6 Å². The van der Waals surface area contributed by atoms with Crippen molar-refractivity contribution in [2.24, 2.45) is 5.92 Å². The third-order valence-corrected chi connectivity index (χ3v) is 16.2. The number of aromatic nitrogens is 2. The molecule has 79 heavy (non-hydrogen) atoms. The fourth-order valence-corrected chi connectivity index (χ4v) is 11.8. The molecular weight excluding hydrogens is 961 g/mol. The molecule has 0 atom stereocenters. The molecule has 0 radical (unpaired) electrons. The van der Waals surface area contributed by atoms with Crippen molar-refractivity contribution < 1.29 is 17.1 Å². The van der Waals surface area contributed by atoms with Gasteiger partial charge in [-0.3, -0.25) is 4.57 Å². The lowest BCUT2D eigenvalue weighted by Crippen LogP contribution is -2.33. The van der Waals surface area contributed by atoms with Crippen LogP contribution in [-0.4, -0.2) is 16.2 Å². The number of hydrogen-bond acceptors (Lipinski definition) is 4. The number of para-hydroxylation sites is 4. The van der Waals surface area contributed by atoms with Crippen LogP contribution in [0.1, 0.15) is 136 Å². The van der Waals surface area contributed by atoms with Gasteiger partial charge in [-0.1, -0.05) is 198 Å². The maximum absolute atomic E-state index is 10.3. The lowest BCUT2D eigenvalue weighted by Gasteiger charge is -2.42. The van der Waals surface area contributed by atoms with Crippen LogP contribution in [0.4, 0.5) is 22.7 Å². The Balaban J connectivity index is 1.02. The van der Waals surface area contributed by atoms with Crippen molar-refractivity contribution in [3.63, 3.8) is 0 Å². The first-order valence-corrected chi connectivity index (χ1v) is 27.9. The highest BCUT2D eigenvalue weighted by molar-refractivity contribution is 6.09. The summed E-state index contributed by atoms with van der Waals surface area (Å²) in [4.78, 5) is 9.04. The molecule has 5 heteroatoms. The van der Waals surface area contributed by atoms with Crippen LogP contribution >= 0.6 is 0 Å². The number of anilines is 4. The Morgan fingerprint density at radius 2 is 1.22 bits per heavy atom. The smallest absolute Gasteiger partial charge is 0.137 e. The predicted molar refractivity (Wildman–Crippen MR) is 335 cm³/mol. The normalized spacial score (nSPS) is 16.8. The minimum absolute atomic E-state index is 0.0774. The average Bonchev–Trinajstić information content (AvgIpc) is 1.46. The van der Waals surface area contributed by atoms with Gasteiger partial charge in [-0.25, -0.2) is 4.98 Å². The molecule has 0 saturated carbocycles. The summed E-state index contributed by atoms with van der Waals surface area (Å²) in [5, 5.41) is 2.02. The fraction of sp³-hybridized carbons (Fsp3) is 0.284. The third-order valence-electron chi connectivity index (χ3n) is 16.2. The summed E-state index contributed by atoms with van der Waals surface area (Å²) >= 11 is 0. The molecule has 12 rings (SSSR count). The molecule has 2 aromatic heterocycles. The highest BCUT2D eigenvalue weighted by atomic mass is 16.5. The van der Waals surface area contributed by atoms with Crippen LogP contribution in [0.5, 0.6) is 11.5 Å². The highest BCUT2D eigenvalue weighted by Gasteiger charge is 2.38. The van der Waals surface area contributed by atoms with Gasteiger partial charge in [-0.2, -0.15) is 0 Å². The number of nitrogens with zero attached hydrogens (tertiary/aromatic N) is 4. The van der Waals surface area contributed by atoms with Gasteiger partial charge in [0.05, 0.1) is 37.7 Å². The Labute approximate surface area is 482 Å². The monoisotopic (exact) mass is 1050 g/mol. The molecule has 1 aliphatic carbocycles. The zero-order chi connectivity index (χ0) is 63.1. The first kappa shape index (κ1) is 42.1. The van der Waals surface area contributed by atoms with Gasteiger partial charge in [0.1, 0.15) is 24.0 Å². The van der Waals surface area contributed by atoms with E-state index in [0.29, 0.717) is 45.3 Å². The van der Waals surface area contributed by atoms with Crippen molar-refractivity contribution in [2.75, 3.05) is 16.5 Å². The molecule has 0 N–H and O–H groups in total. The van der Waals surface area contributed by atoms with Crippen molar-refractivity contribution in [1.82, 2.24) is 9.55 Å². The molecule has 398 valence electrons. The SMILES string of the molecule is [2H]c1c([2H])c(-c2cccc(-c3c([2H])c([2H])c4c(c3[2H])C(C)(C)CCC4(C)C)c2N2CN(c3cccc(Oc4ccc5c6ccccc6n(-c6cc(C([2H])([2H])C(C)C)ccn6)c5c4)c3)c3ccccc32)c([2H])c([2H])c1-c1ccc(C(C)(C)C)cc1C(C)(C)C. The van der Waals surface area contributed by atoms with E-state index in [-0.39, 0.29) is 77.0 Å². The van der Waals surface area contributed by atoms with Crippen molar-refractivity contribution in [3.8, 4) is 50.7 Å². The van der Waals surface area contributed by atoms with Gasteiger partial charge in [-0.15, -0.1) is 0 Å². The minimum Gasteiger partial charge on any atom is -0.457 e. The van der Waals surface area contributed by atoms with Gasteiger partial charge in [0.25, 0.3) is 0 Å². The summed E-state index contributed by atoms with van der Waals surface area (Å²) in [5.74, 6) is 1.48. The number of pyridine rings is 1. The summed E-state index contributed by atoms with van der Waals surface area (Å²) in [6.07, 6.45) is 1.68. The van der Waals surface area contributed by atoms with Crippen molar-refractivity contribution in [3.05, 3.63) is 216 Å². The summed E-state index contributed by atoms with van der Waals surface area (Å²) in [7, 11) is 0. The Morgan fingerprint density at radius 3 is 1.94 bits per heavy atom. The number of ether oxygens (including phenoxy) is 1. The van der Waals surface area contributed by atoms with Crippen LogP contribution in [-0.2, 0) is 28.0 Å².